The van der Waals surface area contributed by atoms with E-state index in [9.17, 15) is 19.5 Å². The summed E-state index contributed by atoms with van der Waals surface area (Å²) in [4.78, 5) is 38.7. The van der Waals surface area contributed by atoms with Crippen molar-refractivity contribution in [3.8, 4) is 11.1 Å². The summed E-state index contributed by atoms with van der Waals surface area (Å²) in [7, 11) is 0. The van der Waals surface area contributed by atoms with Gasteiger partial charge in [0.2, 0.25) is 5.91 Å². The van der Waals surface area contributed by atoms with Crippen LogP contribution in [0.15, 0.2) is 48.5 Å². The van der Waals surface area contributed by atoms with Gasteiger partial charge in [-0.3, -0.25) is 9.59 Å². The SMILES string of the molecule is CC(C)CCC(NC(=O)OCC1c2ccccc2-c2ccccc21)C(=O)N(CC(=O)O)CC(C)C. The predicted molar refractivity (Wildman–Crippen MR) is 135 cm³/mol. The van der Waals surface area contributed by atoms with Crippen LogP contribution < -0.4 is 5.32 Å². The van der Waals surface area contributed by atoms with Gasteiger partial charge < -0.3 is 20.1 Å². The van der Waals surface area contributed by atoms with Gasteiger partial charge in [0, 0.05) is 12.5 Å². The van der Waals surface area contributed by atoms with E-state index in [-0.39, 0.29) is 18.4 Å². The molecule has 188 valence electrons. The maximum Gasteiger partial charge on any atom is 0.407 e. The van der Waals surface area contributed by atoms with Gasteiger partial charge in [-0.05, 0) is 46.9 Å². The number of aliphatic carboxylic acids is 1. The van der Waals surface area contributed by atoms with Crippen LogP contribution in [0.2, 0.25) is 0 Å². The first-order valence-electron chi connectivity index (χ1n) is 12.3. The topological polar surface area (TPSA) is 95.9 Å². The molecule has 1 atom stereocenters. The highest BCUT2D eigenvalue weighted by molar-refractivity contribution is 5.88. The van der Waals surface area contributed by atoms with E-state index >= 15 is 0 Å². The van der Waals surface area contributed by atoms with Gasteiger partial charge in [-0.1, -0.05) is 76.2 Å². The minimum absolute atomic E-state index is 0.0811. The fourth-order valence-corrected chi connectivity index (χ4v) is 4.60. The monoisotopic (exact) mass is 480 g/mol. The van der Waals surface area contributed by atoms with E-state index in [0.717, 1.165) is 22.3 Å². The van der Waals surface area contributed by atoms with Gasteiger partial charge >= 0.3 is 12.1 Å². The highest BCUT2D eigenvalue weighted by Crippen LogP contribution is 2.44. The lowest BCUT2D eigenvalue weighted by Gasteiger charge is -2.28. The van der Waals surface area contributed by atoms with Gasteiger partial charge in [0.1, 0.15) is 19.2 Å². The summed E-state index contributed by atoms with van der Waals surface area (Å²) in [5.74, 6) is -1.13. The largest absolute Gasteiger partial charge is 0.480 e. The van der Waals surface area contributed by atoms with Crippen molar-refractivity contribution in [2.75, 3.05) is 19.7 Å². The number of rotatable bonds is 11. The number of hydrogen-bond acceptors (Lipinski definition) is 4. The van der Waals surface area contributed by atoms with E-state index in [1.54, 1.807) is 0 Å². The van der Waals surface area contributed by atoms with Gasteiger partial charge in [-0.15, -0.1) is 0 Å². The van der Waals surface area contributed by atoms with Crippen molar-refractivity contribution in [3.05, 3.63) is 59.7 Å². The van der Waals surface area contributed by atoms with E-state index in [0.29, 0.717) is 25.3 Å². The molecule has 35 heavy (non-hydrogen) atoms. The number of alkyl carbamates (subject to hydrolysis) is 1. The summed E-state index contributed by atoms with van der Waals surface area (Å²) in [6.45, 7) is 7.97. The van der Waals surface area contributed by atoms with Gasteiger partial charge in [-0.2, -0.15) is 0 Å². The van der Waals surface area contributed by atoms with Crippen LogP contribution in [-0.2, 0) is 14.3 Å². The van der Waals surface area contributed by atoms with Crippen LogP contribution in [0.4, 0.5) is 4.79 Å². The lowest BCUT2D eigenvalue weighted by atomic mass is 9.98. The summed E-state index contributed by atoms with van der Waals surface area (Å²) in [5.41, 5.74) is 4.50. The molecular formula is C28H36N2O5. The number of benzene rings is 2. The zero-order valence-corrected chi connectivity index (χ0v) is 21.0. The van der Waals surface area contributed by atoms with Crippen molar-refractivity contribution >= 4 is 18.0 Å². The van der Waals surface area contributed by atoms with Crippen molar-refractivity contribution < 1.29 is 24.2 Å². The molecule has 2 aromatic carbocycles. The van der Waals surface area contributed by atoms with Gasteiger partial charge in [0.05, 0.1) is 0 Å². The molecule has 2 N–H and O–H groups in total. The Bertz CT molecular complexity index is 1000. The third-order valence-corrected chi connectivity index (χ3v) is 6.19. The Balaban J connectivity index is 1.71. The van der Waals surface area contributed by atoms with E-state index in [4.69, 9.17) is 4.74 Å². The first-order valence-corrected chi connectivity index (χ1v) is 12.3. The maximum absolute atomic E-state index is 13.2. The minimum atomic E-state index is -1.08. The Hall–Kier alpha value is -3.35. The molecule has 1 aliphatic rings. The van der Waals surface area contributed by atoms with Crippen LogP contribution in [-0.4, -0.2) is 53.7 Å². The number of carboxylic acid groups (broad SMARTS) is 1. The molecule has 0 spiro atoms. The molecule has 0 saturated carbocycles. The third kappa shape index (κ3) is 6.84. The Labute approximate surface area is 207 Å². The number of ether oxygens (including phenoxy) is 1. The van der Waals surface area contributed by atoms with Crippen LogP contribution in [0.1, 0.15) is 57.6 Å². The van der Waals surface area contributed by atoms with Crippen LogP contribution in [0.5, 0.6) is 0 Å². The number of nitrogens with one attached hydrogen (secondary N) is 1. The van der Waals surface area contributed by atoms with E-state index in [1.807, 2.05) is 64.1 Å². The van der Waals surface area contributed by atoms with Crippen molar-refractivity contribution in [2.24, 2.45) is 11.8 Å². The standard InChI is InChI=1S/C28H36N2O5/c1-18(2)13-14-25(27(33)30(15-19(3)4)16-26(31)32)29-28(34)35-17-24-22-11-7-5-9-20(22)21-10-6-8-12-23(21)24/h5-12,18-19,24-25H,13-17H2,1-4H3,(H,29,34)(H,31,32). The summed E-state index contributed by atoms with van der Waals surface area (Å²) >= 11 is 0. The van der Waals surface area contributed by atoms with Gasteiger partial charge in [0.15, 0.2) is 0 Å². The first-order chi connectivity index (χ1) is 16.7. The number of carboxylic acids is 1. The first kappa shape index (κ1) is 26.3. The Morgan fingerprint density at radius 2 is 1.49 bits per heavy atom. The second kappa shape index (κ2) is 11.9. The second-order valence-corrected chi connectivity index (χ2v) is 10.0. The Morgan fingerprint density at radius 1 is 0.914 bits per heavy atom. The number of carbonyl (C=O) groups is 3. The van der Waals surface area contributed by atoms with Crippen molar-refractivity contribution in [2.45, 2.75) is 52.5 Å². The average molecular weight is 481 g/mol. The summed E-state index contributed by atoms with van der Waals surface area (Å²) in [5, 5.41) is 12.0. The van der Waals surface area contributed by atoms with Gasteiger partial charge in [0.25, 0.3) is 0 Å². The number of nitrogens with zero attached hydrogens (tertiary/aromatic N) is 1. The second-order valence-electron chi connectivity index (χ2n) is 10.0. The number of fused-ring (bicyclic) bond motifs is 3. The molecule has 0 aromatic heterocycles. The van der Waals surface area contributed by atoms with Crippen LogP contribution in [0.3, 0.4) is 0 Å². The molecule has 0 saturated heterocycles. The molecule has 7 nitrogen and oxygen atoms in total. The average Bonchev–Trinajstić information content (AvgIpc) is 3.12. The molecule has 0 radical (unpaired) electrons. The molecule has 0 bridgehead atoms. The molecule has 7 heteroatoms. The van der Waals surface area contributed by atoms with E-state index in [2.05, 4.69) is 17.4 Å². The lowest BCUT2D eigenvalue weighted by molar-refractivity contribution is -0.145. The molecule has 2 aromatic rings. The smallest absolute Gasteiger partial charge is 0.407 e. The zero-order chi connectivity index (χ0) is 25.5. The van der Waals surface area contributed by atoms with Crippen LogP contribution >= 0.6 is 0 Å². The molecule has 0 heterocycles. The third-order valence-electron chi connectivity index (χ3n) is 6.19. The molecule has 3 rings (SSSR count). The van der Waals surface area contributed by atoms with Crippen LogP contribution in [0.25, 0.3) is 11.1 Å². The predicted octanol–water partition coefficient (Wildman–Crippen LogP) is 4.90. The maximum atomic E-state index is 13.2. The number of amides is 2. The number of carbonyl (C=O) groups excluding carboxylic acids is 2. The molecule has 1 aliphatic carbocycles. The van der Waals surface area contributed by atoms with Gasteiger partial charge in [-0.25, -0.2) is 4.79 Å². The number of hydrogen-bond donors (Lipinski definition) is 2. The molecule has 1 unspecified atom stereocenters. The van der Waals surface area contributed by atoms with Crippen molar-refractivity contribution in [3.63, 3.8) is 0 Å². The summed E-state index contributed by atoms with van der Waals surface area (Å²) in [6.07, 6.45) is 0.450. The van der Waals surface area contributed by atoms with Crippen molar-refractivity contribution in [1.29, 1.82) is 0 Å². The van der Waals surface area contributed by atoms with E-state index < -0.39 is 30.6 Å². The molecule has 2 amide bonds. The van der Waals surface area contributed by atoms with E-state index in [1.165, 1.54) is 4.90 Å². The Morgan fingerprint density at radius 3 is 2.00 bits per heavy atom. The lowest BCUT2D eigenvalue weighted by Crippen LogP contribution is -2.51. The van der Waals surface area contributed by atoms with Crippen LogP contribution in [0, 0.1) is 11.8 Å². The quantitative estimate of drug-likeness (QED) is 0.477. The highest BCUT2D eigenvalue weighted by Gasteiger charge is 2.31. The summed E-state index contributed by atoms with van der Waals surface area (Å²) in [6, 6.07) is 15.3. The fraction of sp³-hybridized carbons (Fsp3) is 0.464. The molecule has 0 fully saturated rings. The zero-order valence-electron chi connectivity index (χ0n) is 21.0. The molecular weight excluding hydrogens is 444 g/mol. The fourth-order valence-electron chi connectivity index (χ4n) is 4.60. The van der Waals surface area contributed by atoms with Crippen molar-refractivity contribution in [1.82, 2.24) is 10.2 Å². The Kier molecular flexibility index (Phi) is 8.90. The highest BCUT2D eigenvalue weighted by atomic mass is 16.5. The summed E-state index contributed by atoms with van der Waals surface area (Å²) < 4.78 is 5.63. The normalized spacial score (nSPS) is 13.3. The minimum Gasteiger partial charge on any atom is -0.480 e. The molecule has 0 aliphatic heterocycles.